The molecule has 8 heteroatoms. The van der Waals surface area contributed by atoms with E-state index in [1.54, 1.807) is 6.07 Å². The third-order valence-electron chi connectivity index (χ3n) is 1.97. The van der Waals surface area contributed by atoms with E-state index in [1.807, 2.05) is 6.07 Å². The fraction of sp³-hybridized carbons (Fsp3) is 0. The van der Waals surface area contributed by atoms with Gasteiger partial charge in [0.2, 0.25) is 0 Å². The lowest BCUT2D eigenvalue weighted by Crippen LogP contribution is -2.00. The number of nitro groups is 1. The van der Waals surface area contributed by atoms with Crippen LogP contribution in [0.5, 0.6) is 0 Å². The Bertz CT molecular complexity index is 631. The fourth-order valence-electron chi connectivity index (χ4n) is 1.23. The summed E-state index contributed by atoms with van der Waals surface area (Å²) in [7, 11) is 0. The van der Waals surface area contributed by atoms with Gasteiger partial charge in [-0.05, 0) is 22.0 Å². The molecule has 0 spiro atoms. The van der Waals surface area contributed by atoms with Crippen LogP contribution in [0, 0.1) is 21.4 Å². The highest BCUT2D eigenvalue weighted by Gasteiger charge is 2.13. The molecule has 2 heterocycles. The molecule has 0 radical (unpaired) electrons. The molecule has 0 bridgehead atoms. The smallest absolute Gasteiger partial charge is 0.258 e. The molecular weight excluding hydrogens is 290 g/mol. The van der Waals surface area contributed by atoms with Gasteiger partial charge in [-0.25, -0.2) is 9.67 Å². The second-order valence-electron chi connectivity index (χ2n) is 3.03. The molecule has 0 atom stereocenters. The van der Waals surface area contributed by atoms with E-state index in [0.717, 1.165) is 6.20 Å². The van der Waals surface area contributed by atoms with Crippen LogP contribution in [0.2, 0.25) is 0 Å². The van der Waals surface area contributed by atoms with Crippen molar-refractivity contribution in [3.63, 3.8) is 0 Å². The standard InChI is InChI=1S/C9H4BrN5O2/c10-6-1-9(8(2-11)12-3-6)14-5-7(4-13-14)15(16)17/h1,3-5H. The zero-order valence-corrected chi connectivity index (χ0v) is 9.83. The largest absolute Gasteiger partial charge is 0.307 e. The molecule has 2 aromatic heterocycles. The quantitative estimate of drug-likeness (QED) is 0.621. The molecule has 0 aliphatic heterocycles. The van der Waals surface area contributed by atoms with Gasteiger partial charge in [-0.3, -0.25) is 10.1 Å². The molecule has 0 unspecified atom stereocenters. The van der Waals surface area contributed by atoms with E-state index in [4.69, 9.17) is 5.26 Å². The van der Waals surface area contributed by atoms with E-state index in [0.29, 0.717) is 10.2 Å². The molecule has 0 aliphatic rings. The molecule has 0 fully saturated rings. The minimum Gasteiger partial charge on any atom is -0.258 e. The first kappa shape index (κ1) is 11.2. The predicted molar refractivity (Wildman–Crippen MR) is 60.4 cm³/mol. The third-order valence-corrected chi connectivity index (χ3v) is 2.40. The minimum atomic E-state index is -0.555. The Morgan fingerprint density at radius 2 is 2.29 bits per heavy atom. The first-order valence-corrected chi connectivity index (χ1v) is 5.16. The summed E-state index contributed by atoms with van der Waals surface area (Å²) in [4.78, 5) is 13.9. The molecule has 0 N–H and O–H groups in total. The summed E-state index contributed by atoms with van der Waals surface area (Å²) in [5, 5.41) is 23.2. The van der Waals surface area contributed by atoms with Crippen molar-refractivity contribution < 1.29 is 4.92 Å². The molecule has 7 nitrogen and oxygen atoms in total. The normalized spacial score (nSPS) is 9.88. The zero-order chi connectivity index (χ0) is 12.4. The number of pyridine rings is 1. The second-order valence-corrected chi connectivity index (χ2v) is 3.95. The second kappa shape index (κ2) is 4.31. The first-order valence-electron chi connectivity index (χ1n) is 4.37. The van der Waals surface area contributed by atoms with Crippen LogP contribution in [0.15, 0.2) is 29.1 Å². The molecule has 0 aliphatic carbocycles. The van der Waals surface area contributed by atoms with Crippen molar-refractivity contribution >= 4 is 21.6 Å². The maximum atomic E-state index is 10.5. The summed E-state index contributed by atoms with van der Waals surface area (Å²) in [5.41, 5.74) is 0.384. The van der Waals surface area contributed by atoms with Gasteiger partial charge in [-0.15, -0.1) is 0 Å². The Morgan fingerprint density at radius 3 is 2.88 bits per heavy atom. The van der Waals surface area contributed by atoms with Crippen LogP contribution >= 0.6 is 15.9 Å². The predicted octanol–water partition coefficient (Wildman–Crippen LogP) is 1.81. The van der Waals surface area contributed by atoms with Crippen molar-refractivity contribution in [3.05, 3.63) is 44.9 Å². The number of aromatic nitrogens is 3. The van der Waals surface area contributed by atoms with E-state index < -0.39 is 4.92 Å². The topological polar surface area (TPSA) is 97.6 Å². The van der Waals surface area contributed by atoms with Crippen LogP contribution in [0.3, 0.4) is 0 Å². The maximum Gasteiger partial charge on any atom is 0.307 e. The zero-order valence-electron chi connectivity index (χ0n) is 8.24. The van der Waals surface area contributed by atoms with Gasteiger partial charge in [0.15, 0.2) is 5.69 Å². The minimum absolute atomic E-state index is 0.145. The van der Waals surface area contributed by atoms with Crippen molar-refractivity contribution in [1.29, 1.82) is 5.26 Å². The average Bonchev–Trinajstić information content (AvgIpc) is 2.78. The Kier molecular flexibility index (Phi) is 2.84. The van der Waals surface area contributed by atoms with Crippen LogP contribution in [0.4, 0.5) is 5.69 Å². The summed E-state index contributed by atoms with van der Waals surface area (Å²) >= 11 is 3.21. The molecule has 2 aromatic rings. The summed E-state index contributed by atoms with van der Waals surface area (Å²) in [6.45, 7) is 0. The van der Waals surface area contributed by atoms with Crippen LogP contribution in [0.1, 0.15) is 5.69 Å². The van der Waals surface area contributed by atoms with Crippen LogP contribution < -0.4 is 0 Å². The van der Waals surface area contributed by atoms with Gasteiger partial charge in [0.05, 0.1) is 4.92 Å². The molecule has 84 valence electrons. The van der Waals surface area contributed by atoms with Crippen molar-refractivity contribution in [2.45, 2.75) is 0 Å². The molecule has 0 amide bonds. The lowest BCUT2D eigenvalue weighted by atomic mass is 10.3. The van der Waals surface area contributed by atoms with Crippen molar-refractivity contribution in [2.24, 2.45) is 0 Å². The maximum absolute atomic E-state index is 10.5. The van der Waals surface area contributed by atoms with E-state index in [2.05, 4.69) is 26.0 Å². The van der Waals surface area contributed by atoms with E-state index in [9.17, 15) is 10.1 Å². The van der Waals surface area contributed by atoms with Crippen molar-refractivity contribution in [3.8, 4) is 11.8 Å². The van der Waals surface area contributed by atoms with E-state index in [-0.39, 0.29) is 11.4 Å². The van der Waals surface area contributed by atoms with Gasteiger partial charge in [0.25, 0.3) is 0 Å². The Labute approximate surface area is 104 Å². The van der Waals surface area contributed by atoms with Crippen LogP contribution in [0.25, 0.3) is 5.69 Å². The van der Waals surface area contributed by atoms with Gasteiger partial charge < -0.3 is 0 Å². The first-order chi connectivity index (χ1) is 8.11. The fourth-order valence-corrected chi connectivity index (χ4v) is 1.55. The number of nitrogens with zero attached hydrogens (tertiary/aromatic N) is 5. The van der Waals surface area contributed by atoms with Gasteiger partial charge in [0.1, 0.15) is 24.2 Å². The lowest BCUT2D eigenvalue weighted by Gasteiger charge is -2.02. The highest BCUT2D eigenvalue weighted by molar-refractivity contribution is 9.10. The lowest BCUT2D eigenvalue weighted by molar-refractivity contribution is -0.384. The number of nitriles is 1. The monoisotopic (exact) mass is 293 g/mol. The van der Waals surface area contributed by atoms with E-state index >= 15 is 0 Å². The summed E-state index contributed by atoms with van der Waals surface area (Å²) in [6, 6.07) is 3.51. The summed E-state index contributed by atoms with van der Waals surface area (Å²) in [6.07, 6.45) is 3.81. The van der Waals surface area contributed by atoms with Gasteiger partial charge >= 0.3 is 5.69 Å². The summed E-state index contributed by atoms with van der Waals surface area (Å²) in [5.74, 6) is 0. The van der Waals surface area contributed by atoms with Gasteiger partial charge in [0, 0.05) is 10.7 Å². The highest BCUT2D eigenvalue weighted by atomic mass is 79.9. The summed E-state index contributed by atoms with van der Waals surface area (Å²) < 4.78 is 1.90. The average molecular weight is 294 g/mol. The Hall–Kier alpha value is -2.27. The van der Waals surface area contributed by atoms with Crippen LogP contribution in [-0.4, -0.2) is 19.7 Å². The SMILES string of the molecule is N#Cc1ncc(Br)cc1-n1cc([N+](=O)[O-])cn1. The Balaban J connectivity index is 2.56. The number of rotatable bonds is 2. The van der Waals surface area contributed by atoms with Crippen LogP contribution in [-0.2, 0) is 0 Å². The molecule has 17 heavy (non-hydrogen) atoms. The number of hydrogen-bond acceptors (Lipinski definition) is 5. The highest BCUT2D eigenvalue weighted by Crippen LogP contribution is 2.19. The number of halogens is 1. The molecule has 2 rings (SSSR count). The number of hydrogen-bond donors (Lipinski definition) is 0. The van der Waals surface area contributed by atoms with Crippen molar-refractivity contribution in [2.75, 3.05) is 0 Å². The van der Waals surface area contributed by atoms with Gasteiger partial charge in [-0.2, -0.15) is 10.4 Å². The van der Waals surface area contributed by atoms with Crippen molar-refractivity contribution in [1.82, 2.24) is 14.8 Å². The third kappa shape index (κ3) is 2.14. The Morgan fingerprint density at radius 1 is 1.53 bits per heavy atom. The molecule has 0 saturated carbocycles. The molecular formula is C9H4BrN5O2. The van der Waals surface area contributed by atoms with Gasteiger partial charge in [-0.1, -0.05) is 0 Å². The molecule has 0 aromatic carbocycles. The van der Waals surface area contributed by atoms with E-state index in [1.165, 1.54) is 17.1 Å². The molecule has 0 saturated heterocycles.